The first-order valence-electron chi connectivity index (χ1n) is 5.92. The fourth-order valence-electron chi connectivity index (χ4n) is 1.64. The number of hydrogen-bond acceptors (Lipinski definition) is 6. The molecule has 2 aromatic rings. The lowest BCUT2D eigenvalue weighted by Crippen LogP contribution is -2.37. The van der Waals surface area contributed by atoms with E-state index in [4.69, 9.17) is 10.5 Å². The Balaban J connectivity index is 2.49. The van der Waals surface area contributed by atoms with Crippen LogP contribution in [0.15, 0.2) is 6.07 Å². The van der Waals surface area contributed by atoms with Crippen molar-refractivity contribution in [1.82, 2.24) is 19.1 Å². The summed E-state index contributed by atoms with van der Waals surface area (Å²) in [6.07, 6.45) is -4.54. The van der Waals surface area contributed by atoms with Gasteiger partial charge in [-0.3, -0.25) is 4.68 Å². The first kappa shape index (κ1) is 15.7. The van der Waals surface area contributed by atoms with Gasteiger partial charge in [0.15, 0.2) is 11.5 Å². The second-order valence-electron chi connectivity index (χ2n) is 5.15. The first-order valence-corrected chi connectivity index (χ1v) is 6.69. The number of hydrogen-bond donors (Lipinski definition) is 1. The van der Waals surface area contributed by atoms with Crippen molar-refractivity contribution >= 4 is 11.5 Å². The molecule has 0 bridgehead atoms. The molecule has 0 radical (unpaired) electrons. The number of nitrogens with two attached hydrogens (primary N) is 1. The Bertz CT molecular complexity index is 629. The van der Waals surface area contributed by atoms with Crippen LogP contribution < -0.4 is 10.5 Å². The monoisotopic (exact) mass is 321 g/mol. The zero-order chi connectivity index (χ0) is 15.8. The van der Waals surface area contributed by atoms with Crippen LogP contribution >= 0.6 is 11.5 Å². The summed E-state index contributed by atoms with van der Waals surface area (Å²) >= 11 is 0.951. The number of ether oxygens (including phenoxy) is 1. The van der Waals surface area contributed by atoms with E-state index in [1.807, 2.05) is 0 Å². The van der Waals surface area contributed by atoms with Crippen LogP contribution in [0, 0.1) is 0 Å². The van der Waals surface area contributed by atoms with E-state index in [9.17, 15) is 13.2 Å². The zero-order valence-electron chi connectivity index (χ0n) is 11.6. The van der Waals surface area contributed by atoms with Gasteiger partial charge in [-0.15, -0.1) is 0 Å². The average Bonchev–Trinajstić information content (AvgIpc) is 2.91. The molecule has 0 fully saturated rings. The van der Waals surface area contributed by atoms with E-state index in [2.05, 4.69) is 14.5 Å². The van der Waals surface area contributed by atoms with Crippen molar-refractivity contribution in [2.45, 2.75) is 32.1 Å². The maximum Gasteiger partial charge on any atom is 0.435 e. The molecule has 2 heterocycles. The quantitative estimate of drug-likeness (QED) is 0.933. The largest absolute Gasteiger partial charge is 0.472 e. The van der Waals surface area contributed by atoms with Crippen molar-refractivity contribution in [2.24, 2.45) is 5.73 Å². The van der Waals surface area contributed by atoms with E-state index >= 15 is 0 Å². The minimum absolute atomic E-state index is 0.0972. The van der Waals surface area contributed by atoms with Gasteiger partial charge in [-0.05, 0) is 19.9 Å². The number of halogens is 3. The van der Waals surface area contributed by atoms with E-state index < -0.39 is 17.4 Å². The molecule has 0 atom stereocenters. The minimum atomic E-state index is -4.54. The van der Waals surface area contributed by atoms with E-state index in [-0.39, 0.29) is 23.3 Å². The lowest BCUT2D eigenvalue weighted by atomic mass is 10.1. The van der Waals surface area contributed by atoms with E-state index in [0.717, 1.165) is 17.6 Å². The molecule has 0 saturated carbocycles. The van der Waals surface area contributed by atoms with E-state index in [1.54, 1.807) is 13.8 Å². The van der Waals surface area contributed by atoms with Gasteiger partial charge in [-0.2, -0.15) is 27.6 Å². The van der Waals surface area contributed by atoms with Gasteiger partial charge in [-0.25, -0.2) is 0 Å². The predicted octanol–water partition coefficient (Wildman–Crippen LogP) is 2.17. The molecule has 0 spiro atoms. The average molecular weight is 321 g/mol. The summed E-state index contributed by atoms with van der Waals surface area (Å²) in [6, 6.07) is 0.910. The predicted molar refractivity (Wildman–Crippen MR) is 71.0 cm³/mol. The number of alkyl halides is 3. The highest BCUT2D eigenvalue weighted by Crippen LogP contribution is 2.32. The van der Waals surface area contributed by atoms with Crippen LogP contribution in [0.2, 0.25) is 0 Å². The molecule has 2 rings (SSSR count). The Labute approximate surface area is 122 Å². The summed E-state index contributed by atoms with van der Waals surface area (Å²) in [5.41, 5.74) is 4.28. The van der Waals surface area contributed by atoms with E-state index in [0.29, 0.717) is 0 Å². The Morgan fingerprint density at radius 3 is 2.52 bits per heavy atom. The van der Waals surface area contributed by atoms with Crippen LogP contribution in [0.3, 0.4) is 0 Å². The second kappa shape index (κ2) is 5.26. The Morgan fingerprint density at radius 1 is 1.38 bits per heavy atom. The number of rotatable bonds is 4. The Morgan fingerprint density at radius 2 is 2.05 bits per heavy atom. The van der Waals surface area contributed by atoms with Gasteiger partial charge in [0.25, 0.3) is 5.19 Å². The van der Waals surface area contributed by atoms with Crippen LogP contribution in [0.25, 0.3) is 11.5 Å². The van der Waals surface area contributed by atoms with Crippen molar-refractivity contribution in [3.8, 4) is 16.7 Å². The van der Waals surface area contributed by atoms with Crippen molar-refractivity contribution in [3.63, 3.8) is 0 Å². The van der Waals surface area contributed by atoms with Gasteiger partial charge in [0.2, 0.25) is 0 Å². The van der Waals surface area contributed by atoms with Crippen molar-refractivity contribution in [3.05, 3.63) is 11.8 Å². The molecule has 0 aliphatic carbocycles. The third-order valence-electron chi connectivity index (χ3n) is 2.44. The summed E-state index contributed by atoms with van der Waals surface area (Å²) in [5, 5.41) is 3.84. The van der Waals surface area contributed by atoms with Crippen LogP contribution in [0.5, 0.6) is 5.19 Å². The highest BCUT2D eigenvalue weighted by Gasteiger charge is 2.36. The molecule has 0 aliphatic heterocycles. The van der Waals surface area contributed by atoms with Gasteiger partial charge < -0.3 is 10.5 Å². The van der Waals surface area contributed by atoms with Crippen molar-refractivity contribution < 1.29 is 17.9 Å². The highest BCUT2D eigenvalue weighted by atomic mass is 32.1. The molecule has 2 aromatic heterocycles. The maximum atomic E-state index is 12.8. The standard InChI is InChI=1S/C11H14F3N5OS/c1-10(2,15)5-19-6(4-7(17-19)11(12,13)14)8-16-9(20-3)21-18-8/h4H,5,15H2,1-3H3. The summed E-state index contributed by atoms with van der Waals surface area (Å²) in [6.45, 7) is 3.49. The molecule has 0 aliphatic rings. The molecule has 21 heavy (non-hydrogen) atoms. The molecular weight excluding hydrogens is 307 g/mol. The van der Waals surface area contributed by atoms with Gasteiger partial charge in [-0.1, -0.05) is 0 Å². The molecule has 6 nitrogen and oxygen atoms in total. The van der Waals surface area contributed by atoms with Gasteiger partial charge in [0, 0.05) is 17.1 Å². The third-order valence-corrected chi connectivity index (χ3v) is 3.12. The maximum absolute atomic E-state index is 12.8. The van der Waals surface area contributed by atoms with Gasteiger partial charge >= 0.3 is 6.18 Å². The van der Waals surface area contributed by atoms with E-state index in [1.165, 1.54) is 11.8 Å². The molecule has 116 valence electrons. The SMILES string of the molecule is COc1nc(-c2cc(C(F)(F)F)nn2CC(C)(C)N)ns1. The lowest BCUT2D eigenvalue weighted by molar-refractivity contribution is -0.141. The third kappa shape index (κ3) is 3.70. The van der Waals surface area contributed by atoms with Crippen molar-refractivity contribution in [2.75, 3.05) is 7.11 Å². The molecule has 0 saturated heterocycles. The van der Waals surface area contributed by atoms with Crippen molar-refractivity contribution in [1.29, 1.82) is 0 Å². The summed E-state index contributed by atoms with van der Waals surface area (Å²) in [5.74, 6) is 0.129. The molecule has 0 unspecified atom stereocenters. The Hall–Kier alpha value is -1.68. The lowest BCUT2D eigenvalue weighted by Gasteiger charge is -2.19. The molecule has 0 amide bonds. The van der Waals surface area contributed by atoms with Crippen LogP contribution in [0.1, 0.15) is 19.5 Å². The van der Waals surface area contributed by atoms with Crippen LogP contribution in [-0.2, 0) is 12.7 Å². The number of nitrogens with zero attached hydrogens (tertiary/aromatic N) is 4. The topological polar surface area (TPSA) is 78.9 Å². The summed E-state index contributed by atoms with van der Waals surface area (Å²) < 4.78 is 48.5. The molecule has 2 N–H and O–H groups in total. The normalized spacial score (nSPS) is 12.7. The second-order valence-corrected chi connectivity index (χ2v) is 5.86. The number of aromatic nitrogens is 4. The minimum Gasteiger partial charge on any atom is -0.472 e. The summed E-state index contributed by atoms with van der Waals surface area (Å²) in [4.78, 5) is 4.00. The van der Waals surface area contributed by atoms with Gasteiger partial charge in [0.05, 0.1) is 13.7 Å². The summed E-state index contributed by atoms with van der Waals surface area (Å²) in [7, 11) is 1.41. The number of methoxy groups -OCH3 is 1. The van der Waals surface area contributed by atoms with Crippen LogP contribution in [0.4, 0.5) is 13.2 Å². The first-order chi connectivity index (χ1) is 9.60. The Kier molecular flexibility index (Phi) is 3.93. The molecule has 10 heteroatoms. The van der Waals surface area contributed by atoms with Gasteiger partial charge in [0.1, 0.15) is 5.69 Å². The highest BCUT2D eigenvalue weighted by molar-refractivity contribution is 7.07. The fourth-order valence-corrected chi connectivity index (χ4v) is 2.14. The zero-order valence-corrected chi connectivity index (χ0v) is 12.4. The molecular formula is C11H14F3N5OS. The fraction of sp³-hybridized carbons (Fsp3) is 0.545. The molecule has 0 aromatic carbocycles. The van der Waals surface area contributed by atoms with Crippen LogP contribution in [-0.4, -0.2) is 31.8 Å². The smallest absolute Gasteiger partial charge is 0.435 e.